The number of nitrogens with zero attached hydrogens (tertiary/aromatic N) is 3. The SMILES string of the molecule is CN=C(NCC1CCCN(C)C1)N1CCC(Cc2ccccc2)CC1. The normalized spacial score (nSPS) is 23.7. The molecular weight excluding hydrogens is 308 g/mol. The lowest BCUT2D eigenvalue weighted by Gasteiger charge is -2.36. The van der Waals surface area contributed by atoms with Crippen molar-refractivity contribution in [2.24, 2.45) is 16.8 Å². The van der Waals surface area contributed by atoms with Crippen LogP contribution >= 0.6 is 0 Å². The molecule has 2 aliphatic heterocycles. The summed E-state index contributed by atoms with van der Waals surface area (Å²) in [5.74, 6) is 2.67. The topological polar surface area (TPSA) is 30.9 Å². The molecule has 0 spiro atoms. The van der Waals surface area contributed by atoms with E-state index in [4.69, 9.17) is 0 Å². The number of guanidine groups is 1. The van der Waals surface area contributed by atoms with Crippen molar-refractivity contribution >= 4 is 5.96 Å². The van der Waals surface area contributed by atoms with E-state index in [1.54, 1.807) is 0 Å². The molecule has 2 fully saturated rings. The monoisotopic (exact) mass is 342 g/mol. The second-order valence-electron chi connectivity index (χ2n) is 7.82. The Labute approximate surface area is 153 Å². The van der Waals surface area contributed by atoms with Gasteiger partial charge in [0.25, 0.3) is 0 Å². The molecule has 2 heterocycles. The van der Waals surface area contributed by atoms with Crippen LogP contribution in [0.15, 0.2) is 35.3 Å². The van der Waals surface area contributed by atoms with Gasteiger partial charge in [-0.3, -0.25) is 4.99 Å². The van der Waals surface area contributed by atoms with Crippen LogP contribution in [0, 0.1) is 11.8 Å². The van der Waals surface area contributed by atoms with Gasteiger partial charge in [-0.05, 0) is 63.1 Å². The lowest BCUT2D eigenvalue weighted by atomic mass is 9.90. The summed E-state index contributed by atoms with van der Waals surface area (Å²) in [5.41, 5.74) is 1.48. The van der Waals surface area contributed by atoms with Gasteiger partial charge < -0.3 is 15.1 Å². The molecule has 0 radical (unpaired) electrons. The highest BCUT2D eigenvalue weighted by Crippen LogP contribution is 2.22. The minimum atomic E-state index is 0.756. The maximum atomic E-state index is 4.54. The van der Waals surface area contributed by atoms with E-state index in [0.29, 0.717) is 0 Å². The predicted octanol–water partition coefficient (Wildman–Crippen LogP) is 2.86. The summed E-state index contributed by atoms with van der Waals surface area (Å²) in [4.78, 5) is 9.45. The fraction of sp³-hybridized carbons (Fsp3) is 0.667. The summed E-state index contributed by atoms with van der Waals surface area (Å²) < 4.78 is 0. The van der Waals surface area contributed by atoms with Gasteiger partial charge in [0.1, 0.15) is 0 Å². The van der Waals surface area contributed by atoms with E-state index in [1.165, 1.54) is 50.8 Å². The average molecular weight is 343 g/mol. The van der Waals surface area contributed by atoms with Gasteiger partial charge in [-0.15, -0.1) is 0 Å². The molecule has 2 saturated heterocycles. The van der Waals surface area contributed by atoms with Crippen molar-refractivity contribution < 1.29 is 0 Å². The molecule has 1 aromatic rings. The maximum Gasteiger partial charge on any atom is 0.193 e. The maximum absolute atomic E-state index is 4.54. The van der Waals surface area contributed by atoms with Crippen LogP contribution in [0.4, 0.5) is 0 Å². The highest BCUT2D eigenvalue weighted by Gasteiger charge is 2.23. The van der Waals surface area contributed by atoms with Crippen molar-refractivity contribution in [2.75, 3.05) is 46.8 Å². The van der Waals surface area contributed by atoms with Crippen LogP contribution in [-0.2, 0) is 6.42 Å². The highest BCUT2D eigenvalue weighted by atomic mass is 15.3. The van der Waals surface area contributed by atoms with Crippen LogP contribution in [0.25, 0.3) is 0 Å². The highest BCUT2D eigenvalue weighted by molar-refractivity contribution is 5.79. The van der Waals surface area contributed by atoms with Crippen molar-refractivity contribution in [1.29, 1.82) is 0 Å². The zero-order valence-corrected chi connectivity index (χ0v) is 16.0. The number of piperidine rings is 2. The predicted molar refractivity (Wildman–Crippen MR) is 106 cm³/mol. The smallest absolute Gasteiger partial charge is 0.193 e. The molecule has 1 atom stereocenters. The Hall–Kier alpha value is -1.55. The van der Waals surface area contributed by atoms with E-state index < -0.39 is 0 Å². The molecule has 0 bridgehead atoms. The van der Waals surface area contributed by atoms with E-state index in [1.807, 2.05) is 7.05 Å². The first-order valence-electron chi connectivity index (χ1n) is 9.92. The fourth-order valence-corrected chi connectivity index (χ4v) is 4.30. The lowest BCUT2D eigenvalue weighted by Crippen LogP contribution is -2.48. The van der Waals surface area contributed by atoms with Crippen molar-refractivity contribution in [2.45, 2.75) is 32.1 Å². The van der Waals surface area contributed by atoms with Gasteiger partial charge in [0.05, 0.1) is 0 Å². The molecule has 2 aliphatic rings. The average Bonchev–Trinajstić information content (AvgIpc) is 2.64. The lowest BCUT2D eigenvalue weighted by molar-refractivity contribution is 0.207. The molecule has 1 unspecified atom stereocenters. The molecule has 1 N–H and O–H groups in total. The van der Waals surface area contributed by atoms with Gasteiger partial charge in [0.2, 0.25) is 0 Å². The van der Waals surface area contributed by atoms with Gasteiger partial charge in [-0.2, -0.15) is 0 Å². The quantitative estimate of drug-likeness (QED) is 0.674. The molecule has 138 valence electrons. The van der Waals surface area contributed by atoms with E-state index in [2.05, 4.69) is 57.5 Å². The summed E-state index contributed by atoms with van der Waals surface area (Å²) in [6.45, 7) is 5.77. The number of likely N-dealkylation sites (tertiary alicyclic amines) is 2. The number of hydrogen-bond donors (Lipinski definition) is 1. The molecular formula is C21H34N4. The van der Waals surface area contributed by atoms with Gasteiger partial charge in [0, 0.05) is 33.2 Å². The third kappa shape index (κ3) is 5.46. The fourth-order valence-electron chi connectivity index (χ4n) is 4.30. The van der Waals surface area contributed by atoms with Crippen LogP contribution < -0.4 is 5.32 Å². The van der Waals surface area contributed by atoms with Gasteiger partial charge >= 0.3 is 0 Å². The Morgan fingerprint density at radius 3 is 2.52 bits per heavy atom. The van der Waals surface area contributed by atoms with Crippen LogP contribution in [0.5, 0.6) is 0 Å². The first-order chi connectivity index (χ1) is 12.2. The summed E-state index contributed by atoms with van der Waals surface area (Å²) in [5, 5.41) is 3.64. The Morgan fingerprint density at radius 2 is 1.84 bits per heavy atom. The van der Waals surface area contributed by atoms with Gasteiger partial charge in [-0.1, -0.05) is 30.3 Å². The van der Waals surface area contributed by atoms with Crippen molar-refractivity contribution in [3.8, 4) is 0 Å². The second kappa shape index (κ2) is 9.23. The zero-order valence-electron chi connectivity index (χ0n) is 16.0. The third-order valence-electron chi connectivity index (χ3n) is 5.76. The number of rotatable bonds is 4. The number of benzene rings is 1. The number of hydrogen-bond acceptors (Lipinski definition) is 2. The van der Waals surface area contributed by atoms with Crippen LogP contribution in [0.3, 0.4) is 0 Å². The molecule has 4 nitrogen and oxygen atoms in total. The number of aliphatic imine (C=N–C) groups is 1. The van der Waals surface area contributed by atoms with Crippen LogP contribution in [-0.4, -0.2) is 62.6 Å². The molecule has 1 aromatic carbocycles. The zero-order chi connectivity index (χ0) is 17.5. The van der Waals surface area contributed by atoms with Crippen LogP contribution in [0.2, 0.25) is 0 Å². The summed E-state index contributed by atoms with van der Waals surface area (Å²) in [6, 6.07) is 10.9. The Kier molecular flexibility index (Phi) is 6.74. The first-order valence-corrected chi connectivity index (χ1v) is 9.92. The molecule has 25 heavy (non-hydrogen) atoms. The van der Waals surface area contributed by atoms with Gasteiger partial charge in [-0.25, -0.2) is 0 Å². The second-order valence-corrected chi connectivity index (χ2v) is 7.82. The largest absolute Gasteiger partial charge is 0.356 e. The summed E-state index contributed by atoms with van der Waals surface area (Å²) in [7, 11) is 4.16. The Morgan fingerprint density at radius 1 is 1.08 bits per heavy atom. The van der Waals surface area contributed by atoms with Crippen LogP contribution in [0.1, 0.15) is 31.2 Å². The molecule has 0 aromatic heterocycles. The summed E-state index contributed by atoms with van der Waals surface area (Å²) >= 11 is 0. The molecule has 4 heteroatoms. The first kappa shape index (κ1) is 18.2. The third-order valence-corrected chi connectivity index (χ3v) is 5.76. The van der Waals surface area contributed by atoms with Crippen molar-refractivity contribution in [3.63, 3.8) is 0 Å². The van der Waals surface area contributed by atoms with Crippen molar-refractivity contribution in [1.82, 2.24) is 15.1 Å². The molecule has 0 aliphatic carbocycles. The Bertz CT molecular complexity index is 534. The van der Waals surface area contributed by atoms with E-state index in [0.717, 1.165) is 37.4 Å². The molecule has 0 amide bonds. The van der Waals surface area contributed by atoms with Gasteiger partial charge in [0.15, 0.2) is 5.96 Å². The number of nitrogens with one attached hydrogen (secondary N) is 1. The summed E-state index contributed by atoms with van der Waals surface area (Å²) in [6.07, 6.45) is 6.42. The van der Waals surface area contributed by atoms with E-state index in [9.17, 15) is 0 Å². The van der Waals surface area contributed by atoms with Crippen molar-refractivity contribution in [3.05, 3.63) is 35.9 Å². The van der Waals surface area contributed by atoms with E-state index in [-0.39, 0.29) is 0 Å². The Balaban J connectivity index is 1.42. The molecule has 0 saturated carbocycles. The standard InChI is InChI=1S/C21H34N4/c1-22-21(23-16-20-9-6-12-24(2)17-20)25-13-10-19(11-14-25)15-18-7-4-3-5-8-18/h3-5,7-8,19-20H,6,9-17H2,1-2H3,(H,22,23). The molecule has 3 rings (SSSR count). The van der Waals surface area contributed by atoms with E-state index >= 15 is 0 Å². The minimum absolute atomic E-state index is 0.756. The minimum Gasteiger partial charge on any atom is -0.356 e.